The SMILES string of the molecule is O=C(NNC(=O)c1ccnc(Cl)c1)OCc1cccc(OCc2ccccc2)c1. The fourth-order valence-electron chi connectivity index (χ4n) is 2.37. The Bertz CT molecular complexity index is 982. The Balaban J connectivity index is 1.44. The first-order chi connectivity index (χ1) is 14.1. The van der Waals surface area contributed by atoms with Crippen molar-refractivity contribution in [2.24, 2.45) is 0 Å². The molecular formula is C21H18ClN3O4. The van der Waals surface area contributed by atoms with E-state index in [1.165, 1.54) is 18.3 Å². The molecule has 0 unspecified atom stereocenters. The molecule has 0 spiro atoms. The normalized spacial score (nSPS) is 10.1. The molecule has 0 fully saturated rings. The first-order valence-electron chi connectivity index (χ1n) is 8.70. The smallest absolute Gasteiger partial charge is 0.426 e. The van der Waals surface area contributed by atoms with Gasteiger partial charge in [-0.25, -0.2) is 15.2 Å². The highest BCUT2D eigenvalue weighted by Gasteiger charge is 2.09. The molecule has 3 aromatic rings. The van der Waals surface area contributed by atoms with Crippen molar-refractivity contribution in [2.45, 2.75) is 13.2 Å². The molecule has 0 saturated carbocycles. The lowest BCUT2D eigenvalue weighted by Crippen LogP contribution is -2.41. The second kappa shape index (κ2) is 10.1. The van der Waals surface area contributed by atoms with Gasteiger partial charge in [0.15, 0.2) is 0 Å². The molecule has 0 aliphatic heterocycles. The second-order valence-corrected chi connectivity index (χ2v) is 6.33. The van der Waals surface area contributed by atoms with Crippen molar-refractivity contribution in [3.05, 3.63) is 94.8 Å². The monoisotopic (exact) mass is 411 g/mol. The number of ether oxygens (including phenoxy) is 2. The summed E-state index contributed by atoms with van der Waals surface area (Å²) in [7, 11) is 0. The Kier molecular flexibility index (Phi) is 7.02. The van der Waals surface area contributed by atoms with Crippen LogP contribution in [0.15, 0.2) is 72.9 Å². The van der Waals surface area contributed by atoms with E-state index in [4.69, 9.17) is 21.1 Å². The van der Waals surface area contributed by atoms with Crippen LogP contribution in [0, 0.1) is 0 Å². The van der Waals surface area contributed by atoms with Gasteiger partial charge in [0, 0.05) is 11.8 Å². The molecule has 148 valence electrons. The summed E-state index contributed by atoms with van der Waals surface area (Å²) in [6.45, 7) is 0.460. The number of carbonyl (C=O) groups excluding carboxylic acids is 2. The van der Waals surface area contributed by atoms with Gasteiger partial charge < -0.3 is 9.47 Å². The molecule has 8 heteroatoms. The topological polar surface area (TPSA) is 89.6 Å². The van der Waals surface area contributed by atoms with Crippen LogP contribution in [0.2, 0.25) is 5.15 Å². The molecule has 0 aliphatic rings. The first-order valence-corrected chi connectivity index (χ1v) is 9.08. The van der Waals surface area contributed by atoms with Crippen LogP contribution in [0.1, 0.15) is 21.5 Å². The summed E-state index contributed by atoms with van der Waals surface area (Å²) >= 11 is 5.73. The van der Waals surface area contributed by atoms with Crippen molar-refractivity contribution in [3.63, 3.8) is 0 Å². The van der Waals surface area contributed by atoms with Gasteiger partial charge >= 0.3 is 6.09 Å². The van der Waals surface area contributed by atoms with Gasteiger partial charge in [-0.1, -0.05) is 54.1 Å². The number of hydrazine groups is 1. The van der Waals surface area contributed by atoms with Gasteiger partial charge in [0.2, 0.25) is 0 Å². The molecule has 0 bridgehead atoms. The van der Waals surface area contributed by atoms with Crippen LogP contribution < -0.4 is 15.6 Å². The summed E-state index contributed by atoms with van der Waals surface area (Å²) < 4.78 is 10.8. The highest BCUT2D eigenvalue weighted by atomic mass is 35.5. The number of nitrogens with zero attached hydrogens (tertiary/aromatic N) is 1. The first kappa shape index (κ1) is 20.2. The standard InChI is InChI=1S/C21H18ClN3O4/c22-19-12-17(9-10-23-19)20(26)24-25-21(27)29-14-16-7-4-8-18(11-16)28-13-15-5-2-1-3-6-15/h1-12H,13-14H2,(H,24,26)(H,25,27). The average molecular weight is 412 g/mol. The van der Waals surface area contributed by atoms with Crippen molar-refractivity contribution in [3.8, 4) is 5.75 Å². The maximum absolute atomic E-state index is 11.9. The minimum atomic E-state index is -0.797. The van der Waals surface area contributed by atoms with Gasteiger partial charge in [0.1, 0.15) is 24.1 Å². The van der Waals surface area contributed by atoms with Gasteiger partial charge in [0.05, 0.1) is 0 Å². The summed E-state index contributed by atoms with van der Waals surface area (Å²) in [5.41, 5.74) is 6.48. The number of pyridine rings is 1. The van der Waals surface area contributed by atoms with E-state index in [2.05, 4.69) is 15.8 Å². The molecule has 1 heterocycles. The van der Waals surface area contributed by atoms with Crippen LogP contribution in [-0.4, -0.2) is 17.0 Å². The lowest BCUT2D eigenvalue weighted by atomic mass is 10.2. The number of amides is 2. The van der Waals surface area contributed by atoms with Gasteiger partial charge in [-0.3, -0.25) is 10.2 Å². The lowest BCUT2D eigenvalue weighted by Gasteiger charge is -2.10. The van der Waals surface area contributed by atoms with E-state index in [1.54, 1.807) is 12.1 Å². The van der Waals surface area contributed by atoms with Crippen LogP contribution in [0.5, 0.6) is 5.75 Å². The number of hydrogen-bond donors (Lipinski definition) is 2. The molecule has 0 radical (unpaired) electrons. The van der Waals surface area contributed by atoms with Crippen LogP contribution in [-0.2, 0) is 18.0 Å². The zero-order valence-electron chi connectivity index (χ0n) is 15.3. The van der Waals surface area contributed by atoms with E-state index in [0.29, 0.717) is 12.4 Å². The lowest BCUT2D eigenvalue weighted by molar-refractivity contribution is 0.0905. The van der Waals surface area contributed by atoms with E-state index in [1.807, 2.05) is 42.5 Å². The van der Waals surface area contributed by atoms with E-state index in [9.17, 15) is 9.59 Å². The zero-order chi connectivity index (χ0) is 20.5. The van der Waals surface area contributed by atoms with E-state index in [-0.39, 0.29) is 17.3 Å². The third kappa shape index (κ3) is 6.51. The Morgan fingerprint density at radius 2 is 1.69 bits per heavy atom. The van der Waals surface area contributed by atoms with E-state index >= 15 is 0 Å². The van der Waals surface area contributed by atoms with E-state index < -0.39 is 12.0 Å². The Morgan fingerprint density at radius 1 is 0.897 bits per heavy atom. The van der Waals surface area contributed by atoms with Crippen molar-refractivity contribution < 1.29 is 19.1 Å². The summed E-state index contributed by atoms with van der Waals surface area (Å²) in [6, 6.07) is 19.9. The van der Waals surface area contributed by atoms with Gasteiger partial charge in [-0.05, 0) is 35.4 Å². The summed E-state index contributed by atoms with van der Waals surface area (Å²) in [4.78, 5) is 27.5. The highest BCUT2D eigenvalue weighted by Crippen LogP contribution is 2.16. The van der Waals surface area contributed by atoms with Crippen molar-refractivity contribution in [2.75, 3.05) is 0 Å². The average Bonchev–Trinajstić information content (AvgIpc) is 2.75. The molecular weight excluding hydrogens is 394 g/mol. The predicted octanol–water partition coefficient (Wildman–Crippen LogP) is 3.89. The molecule has 0 aliphatic carbocycles. The molecule has 3 rings (SSSR count). The number of halogens is 1. The Hall–Kier alpha value is -3.58. The minimum Gasteiger partial charge on any atom is -0.489 e. The predicted molar refractivity (Wildman–Crippen MR) is 107 cm³/mol. The van der Waals surface area contributed by atoms with Crippen LogP contribution in [0.4, 0.5) is 4.79 Å². The van der Waals surface area contributed by atoms with Gasteiger partial charge in [0.25, 0.3) is 5.91 Å². The van der Waals surface area contributed by atoms with Crippen molar-refractivity contribution >= 4 is 23.6 Å². The molecule has 1 aromatic heterocycles. The zero-order valence-corrected chi connectivity index (χ0v) is 16.1. The molecule has 7 nitrogen and oxygen atoms in total. The maximum atomic E-state index is 11.9. The fourth-order valence-corrected chi connectivity index (χ4v) is 2.55. The van der Waals surface area contributed by atoms with Gasteiger partial charge in [-0.2, -0.15) is 0 Å². The second-order valence-electron chi connectivity index (χ2n) is 5.94. The van der Waals surface area contributed by atoms with Crippen molar-refractivity contribution in [1.82, 2.24) is 15.8 Å². The maximum Gasteiger partial charge on any atom is 0.426 e. The molecule has 29 heavy (non-hydrogen) atoms. The number of hydrogen-bond acceptors (Lipinski definition) is 5. The minimum absolute atomic E-state index is 0.0192. The molecule has 0 saturated heterocycles. The summed E-state index contributed by atoms with van der Waals surface area (Å²) in [5, 5.41) is 0.176. The molecule has 2 N–H and O–H groups in total. The highest BCUT2D eigenvalue weighted by molar-refractivity contribution is 6.29. The molecule has 0 atom stereocenters. The van der Waals surface area contributed by atoms with Gasteiger partial charge in [-0.15, -0.1) is 0 Å². The largest absolute Gasteiger partial charge is 0.489 e. The van der Waals surface area contributed by atoms with Crippen LogP contribution in [0.3, 0.4) is 0 Å². The van der Waals surface area contributed by atoms with E-state index in [0.717, 1.165) is 11.1 Å². The molecule has 2 aromatic carbocycles. The van der Waals surface area contributed by atoms with Crippen LogP contribution in [0.25, 0.3) is 0 Å². The number of nitrogens with one attached hydrogen (secondary N) is 2. The number of benzene rings is 2. The van der Waals surface area contributed by atoms with Crippen LogP contribution >= 0.6 is 11.6 Å². The third-order valence-electron chi connectivity index (χ3n) is 3.78. The third-order valence-corrected chi connectivity index (χ3v) is 3.99. The number of carbonyl (C=O) groups is 2. The molecule has 2 amide bonds. The summed E-state index contributed by atoms with van der Waals surface area (Å²) in [6.07, 6.45) is 0.594. The Morgan fingerprint density at radius 3 is 2.48 bits per heavy atom. The summed E-state index contributed by atoms with van der Waals surface area (Å²) in [5.74, 6) is 0.126. The fraction of sp³-hybridized carbons (Fsp3) is 0.0952. The number of rotatable bonds is 6. The van der Waals surface area contributed by atoms with Crippen molar-refractivity contribution in [1.29, 1.82) is 0 Å². The number of aromatic nitrogens is 1. The quantitative estimate of drug-likeness (QED) is 0.474. The Labute approximate surface area is 172 Å².